The Morgan fingerprint density at radius 3 is 2.69 bits per heavy atom. The molecule has 0 aliphatic heterocycles. The molecular weight excluding hydrogens is 204 g/mol. The summed E-state index contributed by atoms with van der Waals surface area (Å²) in [7, 11) is -1.16. The van der Waals surface area contributed by atoms with Gasteiger partial charge in [-0.1, -0.05) is 12.1 Å². The average molecular weight is 219 g/mol. The minimum absolute atomic E-state index is 0.203. The zero-order valence-corrected chi connectivity index (χ0v) is 8.69. The van der Waals surface area contributed by atoms with Gasteiger partial charge >= 0.3 is 5.97 Å². The normalized spacial score (nSPS) is 13.7. The second-order valence-electron chi connectivity index (χ2n) is 3.32. The summed E-state index contributed by atoms with van der Waals surface area (Å²) in [5, 5.41) is 1.70. The Morgan fingerprint density at radius 2 is 1.94 bits per heavy atom. The Kier molecular flexibility index (Phi) is 1.92. The smallest absolute Gasteiger partial charge is 0.337 e. The zero-order valence-electron chi connectivity index (χ0n) is 11.7. The van der Waals surface area contributed by atoms with Gasteiger partial charge in [0.05, 0.1) is 23.8 Å². The quantitative estimate of drug-likeness (QED) is 0.728. The molecule has 82 valence electrons. The molecule has 0 fully saturated rings. The molecule has 3 nitrogen and oxygen atoms in total. The van der Waals surface area contributed by atoms with E-state index in [0.717, 1.165) is 10.8 Å². The fourth-order valence-corrected chi connectivity index (χ4v) is 1.54. The molecule has 0 unspecified atom stereocenters. The minimum Gasteiger partial charge on any atom is -0.497 e. The second kappa shape index (κ2) is 4.23. The number of esters is 1. The van der Waals surface area contributed by atoms with E-state index >= 15 is 0 Å². The average Bonchev–Trinajstić information content (AvgIpc) is 2.35. The van der Waals surface area contributed by atoms with Crippen molar-refractivity contribution >= 4 is 16.7 Å². The van der Waals surface area contributed by atoms with Crippen molar-refractivity contribution < 1.29 is 18.4 Å². The summed E-state index contributed by atoms with van der Waals surface area (Å²) in [6.07, 6.45) is 0. The van der Waals surface area contributed by atoms with Crippen molar-refractivity contribution in [3.63, 3.8) is 0 Å². The second-order valence-corrected chi connectivity index (χ2v) is 3.32. The van der Waals surface area contributed by atoms with Crippen molar-refractivity contribution in [2.75, 3.05) is 14.1 Å². The predicted octanol–water partition coefficient (Wildman–Crippen LogP) is 2.64. The van der Waals surface area contributed by atoms with Crippen molar-refractivity contribution in [2.45, 2.75) is 0 Å². The monoisotopic (exact) mass is 219 g/mol. The first-order chi connectivity index (χ1) is 8.89. The van der Waals surface area contributed by atoms with Gasteiger partial charge in [0, 0.05) is 0 Å². The number of carbonyl (C=O) groups excluding carboxylic acids is 1. The summed E-state index contributed by atoms with van der Waals surface area (Å²) in [6, 6.07) is 10.2. The molecule has 0 heterocycles. The molecule has 0 aromatic heterocycles. The Hall–Kier alpha value is -2.03. The number of ether oxygens (including phenoxy) is 2. The number of fused-ring (bicyclic) bond motifs is 1. The molecule has 2 rings (SSSR count). The van der Waals surface area contributed by atoms with Gasteiger partial charge in [-0.25, -0.2) is 4.79 Å². The van der Waals surface area contributed by atoms with Crippen LogP contribution in [0.15, 0.2) is 36.4 Å². The van der Waals surface area contributed by atoms with Crippen LogP contribution in [0, 0.1) is 0 Å². The van der Waals surface area contributed by atoms with E-state index in [0.29, 0.717) is 5.75 Å². The molecule has 0 aliphatic rings. The van der Waals surface area contributed by atoms with Crippen LogP contribution in [-0.2, 0) is 4.74 Å². The third kappa shape index (κ3) is 1.84. The standard InChI is InChI=1S/C13H12O3/c1-15-12-6-5-9-7-11(13(14)16-2)4-3-10(9)8-12/h3-8H,1-2H3/i2D3. The number of methoxy groups -OCH3 is 2. The van der Waals surface area contributed by atoms with Crippen LogP contribution < -0.4 is 4.74 Å². The van der Waals surface area contributed by atoms with E-state index in [1.54, 1.807) is 31.4 Å². The maximum atomic E-state index is 11.6. The van der Waals surface area contributed by atoms with Gasteiger partial charge < -0.3 is 9.47 Å². The highest BCUT2D eigenvalue weighted by molar-refractivity contribution is 5.95. The van der Waals surface area contributed by atoms with E-state index in [9.17, 15) is 4.79 Å². The maximum absolute atomic E-state index is 11.6. The molecule has 0 saturated carbocycles. The SMILES string of the molecule is [2H]C([2H])([2H])OC(=O)c1ccc2cc(OC)ccc2c1. The fraction of sp³-hybridized carbons (Fsp3) is 0.154. The Labute approximate surface area is 97.8 Å². The first-order valence-corrected chi connectivity index (χ1v) is 4.70. The van der Waals surface area contributed by atoms with E-state index in [1.807, 2.05) is 6.07 Å². The number of rotatable bonds is 2. The van der Waals surface area contributed by atoms with E-state index in [2.05, 4.69) is 4.74 Å². The topological polar surface area (TPSA) is 35.5 Å². The molecule has 3 heteroatoms. The highest BCUT2D eigenvalue weighted by atomic mass is 16.5. The lowest BCUT2D eigenvalue weighted by molar-refractivity contribution is 0.0601. The molecule has 0 atom stereocenters. The molecule has 0 spiro atoms. The number of benzene rings is 2. The van der Waals surface area contributed by atoms with Gasteiger partial charge in [0.25, 0.3) is 0 Å². The Morgan fingerprint density at radius 1 is 1.19 bits per heavy atom. The van der Waals surface area contributed by atoms with Gasteiger partial charge in [0.2, 0.25) is 0 Å². The molecule has 0 N–H and O–H groups in total. The summed E-state index contributed by atoms with van der Waals surface area (Å²) in [6.45, 7) is 0. The number of hydrogen-bond donors (Lipinski definition) is 0. The molecule has 2 aromatic rings. The first-order valence-electron chi connectivity index (χ1n) is 6.20. The van der Waals surface area contributed by atoms with Gasteiger partial charge in [0.15, 0.2) is 0 Å². The molecular formula is C13H12O3. The third-order valence-corrected chi connectivity index (χ3v) is 2.38. The van der Waals surface area contributed by atoms with Crippen molar-refractivity contribution in [3.05, 3.63) is 42.0 Å². The predicted molar refractivity (Wildman–Crippen MR) is 61.8 cm³/mol. The molecule has 0 bridgehead atoms. The summed E-state index contributed by atoms with van der Waals surface area (Å²) >= 11 is 0. The van der Waals surface area contributed by atoms with Crippen LogP contribution in [0.5, 0.6) is 5.75 Å². The van der Waals surface area contributed by atoms with E-state index < -0.39 is 13.0 Å². The van der Waals surface area contributed by atoms with Crippen LogP contribution in [0.4, 0.5) is 0 Å². The van der Waals surface area contributed by atoms with Crippen LogP contribution in [0.3, 0.4) is 0 Å². The number of carbonyl (C=O) groups is 1. The van der Waals surface area contributed by atoms with Gasteiger partial charge in [-0.15, -0.1) is 0 Å². The van der Waals surface area contributed by atoms with E-state index in [1.165, 1.54) is 6.07 Å². The Bertz CT molecular complexity index is 620. The summed E-state index contributed by atoms with van der Waals surface area (Å²) < 4.78 is 30.2. The van der Waals surface area contributed by atoms with Crippen LogP contribution in [0.25, 0.3) is 10.8 Å². The van der Waals surface area contributed by atoms with E-state index in [-0.39, 0.29) is 5.56 Å². The summed E-state index contributed by atoms with van der Waals surface area (Å²) in [4.78, 5) is 11.6. The summed E-state index contributed by atoms with van der Waals surface area (Å²) in [5.74, 6) is -0.150. The molecule has 0 aliphatic carbocycles. The van der Waals surface area contributed by atoms with Gasteiger partial charge in [-0.3, -0.25) is 0 Å². The van der Waals surface area contributed by atoms with Crippen molar-refractivity contribution in [2.24, 2.45) is 0 Å². The maximum Gasteiger partial charge on any atom is 0.337 e. The molecule has 0 radical (unpaired) electrons. The molecule has 2 aromatic carbocycles. The first kappa shape index (κ1) is 7.28. The molecule has 16 heavy (non-hydrogen) atoms. The molecule has 0 amide bonds. The minimum atomic E-state index is -2.73. The van der Waals surface area contributed by atoms with E-state index in [4.69, 9.17) is 8.85 Å². The lowest BCUT2D eigenvalue weighted by Gasteiger charge is -2.04. The van der Waals surface area contributed by atoms with Crippen LogP contribution in [0.1, 0.15) is 14.5 Å². The largest absolute Gasteiger partial charge is 0.497 e. The fourth-order valence-electron chi connectivity index (χ4n) is 1.54. The highest BCUT2D eigenvalue weighted by Crippen LogP contribution is 2.22. The lowest BCUT2D eigenvalue weighted by atomic mass is 10.1. The third-order valence-electron chi connectivity index (χ3n) is 2.38. The van der Waals surface area contributed by atoms with Gasteiger partial charge in [0.1, 0.15) is 5.75 Å². The van der Waals surface area contributed by atoms with Crippen LogP contribution in [-0.4, -0.2) is 20.1 Å². The highest BCUT2D eigenvalue weighted by Gasteiger charge is 2.05. The Balaban J connectivity index is 2.34. The van der Waals surface area contributed by atoms with Gasteiger partial charge in [-0.2, -0.15) is 0 Å². The lowest BCUT2D eigenvalue weighted by Crippen LogP contribution is -2.00. The van der Waals surface area contributed by atoms with Crippen LogP contribution in [0.2, 0.25) is 0 Å². The van der Waals surface area contributed by atoms with Crippen LogP contribution >= 0.6 is 0 Å². The van der Waals surface area contributed by atoms with Gasteiger partial charge in [-0.05, 0) is 35.0 Å². The van der Waals surface area contributed by atoms with Crippen molar-refractivity contribution in [3.8, 4) is 5.75 Å². The zero-order chi connectivity index (χ0) is 14.0. The molecule has 0 saturated heterocycles. The van der Waals surface area contributed by atoms with Crippen molar-refractivity contribution in [1.29, 1.82) is 0 Å². The van der Waals surface area contributed by atoms with Crippen molar-refractivity contribution in [1.82, 2.24) is 0 Å². The summed E-state index contributed by atoms with van der Waals surface area (Å²) in [5.41, 5.74) is 0.203. The number of hydrogen-bond acceptors (Lipinski definition) is 3.